The second-order valence-corrected chi connectivity index (χ2v) is 3.69. The molecule has 0 fully saturated rings. The second kappa shape index (κ2) is 11.9. The fourth-order valence-electron chi connectivity index (χ4n) is 1.25. The molecule has 0 heterocycles. The maximum Gasteiger partial charge on any atom is 0.0700 e. The van der Waals surface area contributed by atoms with E-state index in [1.54, 1.807) is 7.11 Å². The SMILES string of the molecule is COCCOCCN(C)CCCCCO. The first kappa shape index (κ1) is 14.8. The van der Waals surface area contributed by atoms with Crippen LogP contribution in [0, 0.1) is 0 Å². The summed E-state index contributed by atoms with van der Waals surface area (Å²) < 4.78 is 10.2. The van der Waals surface area contributed by atoms with E-state index in [2.05, 4.69) is 11.9 Å². The Morgan fingerprint density at radius 2 is 1.80 bits per heavy atom. The van der Waals surface area contributed by atoms with Crippen molar-refractivity contribution in [1.29, 1.82) is 0 Å². The zero-order chi connectivity index (χ0) is 11.4. The van der Waals surface area contributed by atoms with E-state index < -0.39 is 0 Å². The molecule has 0 amide bonds. The number of unbranched alkanes of at least 4 members (excludes halogenated alkanes) is 2. The number of likely N-dealkylation sites (N-methyl/N-ethyl adjacent to an activating group) is 1. The number of ether oxygens (including phenoxy) is 2. The molecule has 0 bridgehead atoms. The van der Waals surface area contributed by atoms with Crippen molar-refractivity contribution in [3.63, 3.8) is 0 Å². The van der Waals surface area contributed by atoms with Crippen molar-refractivity contribution in [3.05, 3.63) is 0 Å². The Hall–Kier alpha value is -0.160. The molecule has 0 aliphatic heterocycles. The molecule has 0 saturated heterocycles. The molecule has 92 valence electrons. The number of hydrogen-bond acceptors (Lipinski definition) is 4. The van der Waals surface area contributed by atoms with Crippen LogP contribution in [0.3, 0.4) is 0 Å². The van der Waals surface area contributed by atoms with E-state index in [0.29, 0.717) is 19.8 Å². The van der Waals surface area contributed by atoms with Crippen molar-refractivity contribution in [2.75, 3.05) is 53.7 Å². The average Bonchev–Trinajstić information content (AvgIpc) is 2.24. The summed E-state index contributed by atoms with van der Waals surface area (Å²) in [6, 6.07) is 0. The highest BCUT2D eigenvalue weighted by atomic mass is 16.5. The molecule has 0 spiro atoms. The molecule has 4 nitrogen and oxygen atoms in total. The predicted octanol–water partition coefficient (Wildman–Crippen LogP) is 0.744. The minimum Gasteiger partial charge on any atom is -0.396 e. The molecular weight excluding hydrogens is 194 g/mol. The van der Waals surface area contributed by atoms with E-state index in [1.807, 2.05) is 0 Å². The van der Waals surface area contributed by atoms with Gasteiger partial charge in [0.2, 0.25) is 0 Å². The quantitative estimate of drug-likeness (QED) is 0.521. The van der Waals surface area contributed by atoms with Crippen LogP contribution in [0.5, 0.6) is 0 Å². The first-order valence-electron chi connectivity index (χ1n) is 5.67. The Morgan fingerprint density at radius 1 is 1.00 bits per heavy atom. The largest absolute Gasteiger partial charge is 0.396 e. The molecule has 0 aliphatic carbocycles. The third-order valence-corrected chi connectivity index (χ3v) is 2.25. The number of aliphatic hydroxyl groups is 1. The van der Waals surface area contributed by atoms with Gasteiger partial charge in [0.05, 0.1) is 19.8 Å². The van der Waals surface area contributed by atoms with Crippen LogP contribution in [0.4, 0.5) is 0 Å². The molecule has 0 unspecified atom stereocenters. The van der Waals surface area contributed by atoms with Gasteiger partial charge in [-0.25, -0.2) is 0 Å². The Morgan fingerprint density at radius 3 is 2.47 bits per heavy atom. The standard InChI is InChI=1S/C11H25NO3/c1-12(6-4-3-5-8-13)7-9-15-11-10-14-2/h13H,3-11H2,1-2H3. The van der Waals surface area contributed by atoms with Gasteiger partial charge in [-0.3, -0.25) is 0 Å². The minimum absolute atomic E-state index is 0.309. The van der Waals surface area contributed by atoms with Crippen molar-refractivity contribution in [3.8, 4) is 0 Å². The number of methoxy groups -OCH3 is 1. The lowest BCUT2D eigenvalue weighted by Crippen LogP contribution is -2.24. The second-order valence-electron chi connectivity index (χ2n) is 3.69. The average molecular weight is 219 g/mol. The van der Waals surface area contributed by atoms with Crippen LogP contribution >= 0.6 is 0 Å². The van der Waals surface area contributed by atoms with Gasteiger partial charge >= 0.3 is 0 Å². The van der Waals surface area contributed by atoms with Crippen LogP contribution < -0.4 is 0 Å². The highest BCUT2D eigenvalue weighted by Crippen LogP contribution is 1.96. The Bertz CT molecular complexity index is 122. The topological polar surface area (TPSA) is 41.9 Å². The molecular formula is C11H25NO3. The molecule has 0 atom stereocenters. The summed E-state index contributed by atoms with van der Waals surface area (Å²) in [4.78, 5) is 2.25. The number of aliphatic hydroxyl groups excluding tert-OH is 1. The van der Waals surface area contributed by atoms with Crippen LogP contribution in [-0.2, 0) is 9.47 Å². The first-order chi connectivity index (χ1) is 7.31. The van der Waals surface area contributed by atoms with Gasteiger partial charge < -0.3 is 19.5 Å². The first-order valence-corrected chi connectivity index (χ1v) is 5.67. The van der Waals surface area contributed by atoms with Crippen LogP contribution in [0.15, 0.2) is 0 Å². The summed E-state index contributed by atoms with van der Waals surface area (Å²) in [6.45, 7) is 4.45. The molecule has 0 aromatic rings. The van der Waals surface area contributed by atoms with Crippen LogP contribution in [0.25, 0.3) is 0 Å². The van der Waals surface area contributed by atoms with Crippen LogP contribution in [-0.4, -0.2) is 63.7 Å². The van der Waals surface area contributed by atoms with Crippen molar-refractivity contribution in [2.45, 2.75) is 19.3 Å². The van der Waals surface area contributed by atoms with Gasteiger partial charge in [0.25, 0.3) is 0 Å². The molecule has 0 aromatic heterocycles. The lowest BCUT2D eigenvalue weighted by molar-refractivity contribution is 0.0604. The summed E-state index contributed by atoms with van der Waals surface area (Å²) in [5, 5.41) is 8.61. The molecule has 0 aromatic carbocycles. The zero-order valence-electron chi connectivity index (χ0n) is 10.1. The third-order valence-electron chi connectivity index (χ3n) is 2.25. The van der Waals surface area contributed by atoms with E-state index in [9.17, 15) is 0 Å². The lowest BCUT2D eigenvalue weighted by atomic mass is 10.2. The van der Waals surface area contributed by atoms with Gasteiger partial charge in [-0.1, -0.05) is 0 Å². The molecule has 4 heteroatoms. The van der Waals surface area contributed by atoms with Gasteiger partial charge in [0.1, 0.15) is 0 Å². The summed E-state index contributed by atoms with van der Waals surface area (Å²) in [5.74, 6) is 0. The number of nitrogens with zero attached hydrogens (tertiary/aromatic N) is 1. The van der Waals surface area contributed by atoms with Gasteiger partial charge in [0, 0.05) is 20.3 Å². The molecule has 15 heavy (non-hydrogen) atoms. The van der Waals surface area contributed by atoms with E-state index in [0.717, 1.165) is 39.0 Å². The molecule has 0 saturated carbocycles. The molecule has 0 radical (unpaired) electrons. The fourth-order valence-corrected chi connectivity index (χ4v) is 1.25. The number of rotatable bonds is 11. The van der Waals surface area contributed by atoms with Crippen molar-refractivity contribution >= 4 is 0 Å². The van der Waals surface area contributed by atoms with Crippen molar-refractivity contribution in [1.82, 2.24) is 4.90 Å². The number of hydrogen-bond donors (Lipinski definition) is 1. The van der Waals surface area contributed by atoms with Gasteiger partial charge in [-0.2, -0.15) is 0 Å². The van der Waals surface area contributed by atoms with Crippen molar-refractivity contribution in [2.24, 2.45) is 0 Å². The summed E-state index contributed by atoms with van der Waals surface area (Å²) in [6.07, 6.45) is 3.17. The normalized spacial score (nSPS) is 11.2. The molecule has 0 aliphatic rings. The predicted molar refractivity (Wildman–Crippen MR) is 61.1 cm³/mol. The Labute approximate surface area is 93.2 Å². The highest BCUT2D eigenvalue weighted by Gasteiger charge is 1.97. The van der Waals surface area contributed by atoms with Crippen LogP contribution in [0.2, 0.25) is 0 Å². The fraction of sp³-hybridized carbons (Fsp3) is 1.00. The minimum atomic E-state index is 0.309. The highest BCUT2D eigenvalue weighted by molar-refractivity contribution is 4.51. The van der Waals surface area contributed by atoms with E-state index in [-0.39, 0.29) is 0 Å². The Kier molecular flexibility index (Phi) is 11.8. The maximum atomic E-state index is 8.61. The monoisotopic (exact) mass is 219 g/mol. The lowest BCUT2D eigenvalue weighted by Gasteiger charge is -2.16. The summed E-state index contributed by atoms with van der Waals surface area (Å²) in [7, 11) is 3.77. The van der Waals surface area contributed by atoms with Gasteiger partial charge in [0.15, 0.2) is 0 Å². The van der Waals surface area contributed by atoms with E-state index >= 15 is 0 Å². The molecule has 1 N–H and O–H groups in total. The van der Waals surface area contributed by atoms with Crippen molar-refractivity contribution < 1.29 is 14.6 Å². The third kappa shape index (κ3) is 11.8. The maximum absolute atomic E-state index is 8.61. The van der Waals surface area contributed by atoms with E-state index in [4.69, 9.17) is 14.6 Å². The smallest absolute Gasteiger partial charge is 0.0700 e. The van der Waals surface area contributed by atoms with Gasteiger partial charge in [-0.05, 0) is 32.9 Å². The van der Waals surface area contributed by atoms with Crippen LogP contribution in [0.1, 0.15) is 19.3 Å². The summed E-state index contributed by atoms with van der Waals surface area (Å²) >= 11 is 0. The molecule has 0 rings (SSSR count). The van der Waals surface area contributed by atoms with Gasteiger partial charge in [-0.15, -0.1) is 0 Å². The zero-order valence-corrected chi connectivity index (χ0v) is 10.1. The van der Waals surface area contributed by atoms with E-state index in [1.165, 1.54) is 0 Å². The summed E-state index contributed by atoms with van der Waals surface area (Å²) in [5.41, 5.74) is 0. The Balaban J connectivity index is 3.08.